The number of nitrogens with one attached hydrogen (secondary N) is 2. The number of hydrogen-bond donors (Lipinski definition) is 2. The van der Waals surface area contributed by atoms with Crippen LogP contribution in [0, 0.1) is 18.8 Å². The number of carbonyl (C=O) groups is 2. The summed E-state index contributed by atoms with van der Waals surface area (Å²) < 4.78 is 5.26. The smallest absolute Gasteiger partial charge is 0.228 e. The number of anilines is 2. The lowest BCUT2D eigenvalue weighted by Gasteiger charge is -2.12. The van der Waals surface area contributed by atoms with Crippen molar-refractivity contribution in [1.82, 2.24) is 0 Å². The molecule has 5 nitrogen and oxygen atoms in total. The Bertz CT molecular complexity index is 808. The first-order valence-electron chi connectivity index (χ1n) is 8.00. The van der Waals surface area contributed by atoms with Gasteiger partial charge < -0.3 is 15.4 Å². The number of amides is 2. The van der Waals surface area contributed by atoms with Crippen LogP contribution in [0.5, 0.6) is 5.75 Å². The summed E-state index contributed by atoms with van der Waals surface area (Å²) in [5, 5.41) is 6.24. The molecule has 0 radical (unpaired) electrons. The molecule has 1 saturated carbocycles. The van der Waals surface area contributed by atoms with Crippen LogP contribution in [0.2, 0.25) is 5.02 Å². The van der Waals surface area contributed by atoms with Gasteiger partial charge in [-0.05, 0) is 37.1 Å². The second kappa shape index (κ2) is 7.15. The fourth-order valence-electron chi connectivity index (χ4n) is 2.69. The molecular weight excluding hydrogens is 340 g/mol. The number of aryl methyl sites for hydroxylation is 1. The molecule has 2 aromatic rings. The van der Waals surface area contributed by atoms with Gasteiger partial charge in [0.15, 0.2) is 0 Å². The Hall–Kier alpha value is -2.53. The van der Waals surface area contributed by atoms with Gasteiger partial charge in [0.1, 0.15) is 5.75 Å². The van der Waals surface area contributed by atoms with Crippen molar-refractivity contribution in [3.8, 4) is 5.75 Å². The molecule has 1 fully saturated rings. The Balaban J connectivity index is 1.62. The van der Waals surface area contributed by atoms with E-state index in [9.17, 15) is 9.59 Å². The molecule has 0 saturated heterocycles. The lowest BCUT2D eigenvalue weighted by Crippen LogP contribution is -2.20. The van der Waals surface area contributed by atoms with E-state index in [4.69, 9.17) is 16.3 Å². The molecule has 1 aliphatic rings. The predicted molar refractivity (Wildman–Crippen MR) is 98.0 cm³/mol. The van der Waals surface area contributed by atoms with Crippen molar-refractivity contribution in [3.63, 3.8) is 0 Å². The molecule has 1 aliphatic carbocycles. The highest BCUT2D eigenvalue weighted by atomic mass is 35.5. The molecule has 3 rings (SSSR count). The van der Waals surface area contributed by atoms with Crippen LogP contribution in [-0.2, 0) is 9.59 Å². The Morgan fingerprint density at radius 3 is 2.36 bits per heavy atom. The molecule has 0 aliphatic heterocycles. The second-order valence-corrected chi connectivity index (χ2v) is 6.50. The van der Waals surface area contributed by atoms with Gasteiger partial charge in [0.25, 0.3) is 0 Å². The zero-order valence-corrected chi connectivity index (χ0v) is 14.8. The van der Waals surface area contributed by atoms with Crippen LogP contribution in [0.4, 0.5) is 11.4 Å². The maximum absolute atomic E-state index is 12.4. The van der Waals surface area contributed by atoms with Gasteiger partial charge in [-0.25, -0.2) is 0 Å². The average molecular weight is 359 g/mol. The number of benzene rings is 2. The number of ether oxygens (including phenoxy) is 1. The monoisotopic (exact) mass is 358 g/mol. The summed E-state index contributed by atoms with van der Waals surface area (Å²) in [7, 11) is 1.52. The molecule has 0 aromatic heterocycles. The van der Waals surface area contributed by atoms with Gasteiger partial charge >= 0.3 is 0 Å². The maximum Gasteiger partial charge on any atom is 0.228 e. The van der Waals surface area contributed by atoms with Crippen molar-refractivity contribution < 1.29 is 14.3 Å². The van der Waals surface area contributed by atoms with E-state index in [-0.39, 0.29) is 23.7 Å². The largest absolute Gasteiger partial charge is 0.495 e. The molecule has 2 unspecified atom stereocenters. The Kier molecular flexibility index (Phi) is 4.95. The van der Waals surface area contributed by atoms with Gasteiger partial charge in [-0.15, -0.1) is 0 Å². The summed E-state index contributed by atoms with van der Waals surface area (Å²) in [6.07, 6.45) is 0.541. The van der Waals surface area contributed by atoms with Crippen LogP contribution in [-0.4, -0.2) is 18.9 Å². The predicted octanol–water partition coefficient (Wildman–Crippen LogP) is 3.87. The van der Waals surface area contributed by atoms with E-state index in [0.29, 0.717) is 22.9 Å². The van der Waals surface area contributed by atoms with E-state index >= 15 is 0 Å². The molecule has 0 bridgehead atoms. The van der Waals surface area contributed by atoms with Crippen molar-refractivity contribution in [2.24, 2.45) is 11.8 Å². The molecule has 25 heavy (non-hydrogen) atoms. The maximum atomic E-state index is 12.4. The van der Waals surface area contributed by atoms with Crippen LogP contribution in [0.3, 0.4) is 0 Å². The molecule has 2 atom stereocenters. The second-order valence-electron chi connectivity index (χ2n) is 6.09. The molecule has 2 aromatic carbocycles. The third kappa shape index (κ3) is 3.94. The van der Waals surface area contributed by atoms with E-state index in [0.717, 1.165) is 11.3 Å². The quantitative estimate of drug-likeness (QED) is 0.852. The average Bonchev–Trinajstić information content (AvgIpc) is 3.40. The van der Waals surface area contributed by atoms with Crippen molar-refractivity contribution in [2.45, 2.75) is 13.3 Å². The highest BCUT2D eigenvalue weighted by Gasteiger charge is 2.48. The molecular formula is C19H19ClN2O3. The minimum atomic E-state index is -0.329. The summed E-state index contributed by atoms with van der Waals surface area (Å²) in [4.78, 5) is 24.7. The van der Waals surface area contributed by atoms with Gasteiger partial charge in [0, 0.05) is 16.8 Å². The Labute approximate surface area is 151 Å². The number of carbonyl (C=O) groups excluding carboxylic acids is 2. The first-order valence-corrected chi connectivity index (χ1v) is 8.38. The van der Waals surface area contributed by atoms with E-state index in [1.54, 1.807) is 12.1 Å². The fourth-order valence-corrected chi connectivity index (χ4v) is 2.84. The van der Waals surface area contributed by atoms with Crippen molar-refractivity contribution in [1.29, 1.82) is 0 Å². The first-order chi connectivity index (χ1) is 12.0. The van der Waals surface area contributed by atoms with Crippen molar-refractivity contribution >= 4 is 34.8 Å². The Morgan fingerprint density at radius 1 is 1.08 bits per heavy atom. The standard InChI is InChI=1S/C19H19ClN2O3/c1-11-8-16(17(25-2)10-15(11)20)22-19(24)14-9-13(14)18(23)21-12-6-4-3-5-7-12/h3-8,10,13-14H,9H2,1-2H3,(H,21,23)(H,22,24). The molecule has 0 heterocycles. The van der Waals surface area contributed by atoms with Crippen molar-refractivity contribution in [3.05, 3.63) is 53.1 Å². The number of halogens is 1. The van der Waals surface area contributed by atoms with Gasteiger partial charge in [-0.3, -0.25) is 9.59 Å². The lowest BCUT2D eigenvalue weighted by molar-refractivity contribution is -0.122. The van der Waals surface area contributed by atoms with E-state index in [2.05, 4.69) is 10.6 Å². The van der Waals surface area contributed by atoms with Gasteiger partial charge in [0.2, 0.25) is 11.8 Å². The lowest BCUT2D eigenvalue weighted by atomic mass is 10.2. The van der Waals surface area contributed by atoms with Crippen LogP contribution in [0.15, 0.2) is 42.5 Å². The van der Waals surface area contributed by atoms with Gasteiger partial charge in [0.05, 0.1) is 24.6 Å². The zero-order chi connectivity index (χ0) is 18.0. The van der Waals surface area contributed by atoms with Crippen LogP contribution in [0.1, 0.15) is 12.0 Å². The first kappa shape index (κ1) is 17.3. The number of methoxy groups -OCH3 is 1. The number of rotatable bonds is 5. The normalized spacial score (nSPS) is 18.4. The van der Waals surface area contributed by atoms with Gasteiger partial charge in [-0.2, -0.15) is 0 Å². The summed E-state index contributed by atoms with van der Waals surface area (Å²) in [6, 6.07) is 12.6. The zero-order valence-electron chi connectivity index (χ0n) is 14.0. The molecule has 0 spiro atoms. The highest BCUT2D eigenvalue weighted by molar-refractivity contribution is 6.31. The molecule has 6 heteroatoms. The van der Waals surface area contributed by atoms with Crippen LogP contribution in [0.25, 0.3) is 0 Å². The summed E-state index contributed by atoms with van der Waals surface area (Å²) in [5.74, 6) is -0.460. The van der Waals surface area contributed by atoms with E-state index in [1.165, 1.54) is 7.11 Å². The van der Waals surface area contributed by atoms with Crippen LogP contribution < -0.4 is 15.4 Å². The minimum Gasteiger partial charge on any atom is -0.495 e. The Morgan fingerprint density at radius 2 is 1.72 bits per heavy atom. The SMILES string of the molecule is COc1cc(Cl)c(C)cc1NC(=O)C1CC1C(=O)Nc1ccccc1. The topological polar surface area (TPSA) is 67.4 Å². The summed E-state index contributed by atoms with van der Waals surface area (Å²) >= 11 is 6.07. The summed E-state index contributed by atoms with van der Waals surface area (Å²) in [5.41, 5.74) is 2.13. The van der Waals surface area contributed by atoms with Crippen molar-refractivity contribution in [2.75, 3.05) is 17.7 Å². The third-order valence-electron chi connectivity index (χ3n) is 4.24. The van der Waals surface area contributed by atoms with E-state index in [1.807, 2.05) is 37.3 Å². The molecule has 2 amide bonds. The summed E-state index contributed by atoms with van der Waals surface area (Å²) in [6.45, 7) is 1.85. The van der Waals surface area contributed by atoms with E-state index < -0.39 is 0 Å². The number of hydrogen-bond acceptors (Lipinski definition) is 3. The van der Waals surface area contributed by atoms with Crippen LogP contribution >= 0.6 is 11.6 Å². The third-order valence-corrected chi connectivity index (χ3v) is 4.65. The minimum absolute atomic E-state index is 0.134. The highest BCUT2D eigenvalue weighted by Crippen LogP contribution is 2.41. The number of para-hydroxylation sites is 1. The molecule has 130 valence electrons. The molecule has 2 N–H and O–H groups in total. The van der Waals surface area contributed by atoms with Gasteiger partial charge in [-0.1, -0.05) is 29.8 Å². The fraction of sp³-hybridized carbons (Fsp3) is 0.263.